The molecule has 0 aliphatic heterocycles. The van der Waals surface area contributed by atoms with E-state index in [4.69, 9.17) is 5.26 Å². The van der Waals surface area contributed by atoms with Crippen LogP contribution >= 0.6 is 11.8 Å². The van der Waals surface area contributed by atoms with Gasteiger partial charge in [-0.15, -0.1) is 0 Å². The summed E-state index contributed by atoms with van der Waals surface area (Å²) in [5.74, 6) is 0.759. The van der Waals surface area contributed by atoms with E-state index in [1.165, 1.54) is 25.2 Å². The first kappa shape index (κ1) is 16.6. The Bertz CT molecular complexity index is 449. The van der Waals surface area contributed by atoms with Gasteiger partial charge in [-0.1, -0.05) is 18.9 Å². The highest BCUT2D eigenvalue weighted by atomic mass is 32.2. The Morgan fingerprint density at radius 2 is 2.10 bits per heavy atom. The first-order chi connectivity index (χ1) is 9.42. The summed E-state index contributed by atoms with van der Waals surface area (Å²) in [4.78, 5) is 3.51. The van der Waals surface area contributed by atoms with Crippen LogP contribution in [0.4, 0.5) is 13.2 Å². The lowest BCUT2D eigenvalue weighted by molar-refractivity contribution is -0.141. The van der Waals surface area contributed by atoms with Crippen molar-refractivity contribution >= 4 is 11.8 Å². The first-order valence-electron chi connectivity index (χ1n) is 6.08. The second kappa shape index (κ2) is 7.39. The predicted octanol–water partition coefficient (Wildman–Crippen LogP) is 3.73. The van der Waals surface area contributed by atoms with Crippen LogP contribution in [0.1, 0.15) is 35.8 Å². The van der Waals surface area contributed by atoms with Gasteiger partial charge in [0.1, 0.15) is 5.69 Å². The third-order valence-electron chi connectivity index (χ3n) is 2.98. The smallest absolute Gasteiger partial charge is 0.337 e. The van der Waals surface area contributed by atoms with Crippen molar-refractivity contribution in [3.63, 3.8) is 0 Å². The molecule has 1 aliphatic rings. The van der Waals surface area contributed by atoms with E-state index in [2.05, 4.69) is 10.7 Å². The van der Waals surface area contributed by atoms with E-state index in [-0.39, 0.29) is 5.25 Å². The molecule has 0 amide bonds. The fourth-order valence-corrected chi connectivity index (χ4v) is 2.66. The molecule has 0 bridgehead atoms. The molecule has 0 spiro atoms. The molecule has 0 aromatic carbocycles. The lowest BCUT2D eigenvalue weighted by Gasteiger charge is -2.14. The maximum Gasteiger partial charge on any atom is 0.433 e. The van der Waals surface area contributed by atoms with Gasteiger partial charge in [-0.05, 0) is 30.2 Å². The second-order valence-corrected chi connectivity index (χ2v) is 5.55. The highest BCUT2D eigenvalue weighted by Crippen LogP contribution is 2.42. The van der Waals surface area contributed by atoms with Crippen molar-refractivity contribution in [2.24, 2.45) is 11.7 Å². The van der Waals surface area contributed by atoms with Crippen molar-refractivity contribution in [2.45, 2.75) is 30.7 Å². The molecule has 0 radical (unpaired) electrons. The van der Waals surface area contributed by atoms with Gasteiger partial charge in [-0.3, -0.25) is 4.98 Å². The molecule has 110 valence electrons. The molecule has 1 saturated carbocycles. The Morgan fingerprint density at radius 1 is 1.50 bits per heavy atom. The standard InChI is InChI=1S/C12H14F3NS.CH2N2/c1-17-10(6-8-2-3-8)9-4-5-11(16-7-9)12(13,14)15;2-1-3/h4-5,7-8,10H,2-3,6H2,1H3;2H2. The van der Waals surface area contributed by atoms with Crippen molar-refractivity contribution < 1.29 is 13.2 Å². The number of nitrogens with zero attached hydrogens (tertiary/aromatic N) is 2. The number of nitriles is 1. The maximum absolute atomic E-state index is 12.4. The minimum absolute atomic E-state index is 0.275. The van der Waals surface area contributed by atoms with E-state index >= 15 is 0 Å². The largest absolute Gasteiger partial charge is 0.433 e. The molecule has 2 N–H and O–H groups in total. The third kappa shape index (κ3) is 5.29. The first-order valence-corrected chi connectivity index (χ1v) is 7.36. The zero-order valence-electron chi connectivity index (χ0n) is 11.0. The van der Waals surface area contributed by atoms with Crippen LogP contribution < -0.4 is 5.73 Å². The molecule has 1 heterocycles. The highest BCUT2D eigenvalue weighted by Gasteiger charge is 2.32. The van der Waals surface area contributed by atoms with Crippen LogP contribution in [0, 0.1) is 17.4 Å². The van der Waals surface area contributed by atoms with Gasteiger partial charge in [0.05, 0.1) is 0 Å². The monoisotopic (exact) mass is 303 g/mol. The SMILES string of the molecule is CSC(CC1CC1)c1ccc(C(F)(F)F)nc1.N#CN. The van der Waals surface area contributed by atoms with Gasteiger partial charge in [0.25, 0.3) is 0 Å². The molecule has 0 saturated heterocycles. The summed E-state index contributed by atoms with van der Waals surface area (Å²) in [5.41, 5.74) is 4.24. The molecule has 1 unspecified atom stereocenters. The number of rotatable bonds is 4. The molecule has 1 atom stereocenters. The van der Waals surface area contributed by atoms with E-state index in [9.17, 15) is 13.2 Å². The topological polar surface area (TPSA) is 62.7 Å². The lowest BCUT2D eigenvalue weighted by Crippen LogP contribution is -2.08. The van der Waals surface area contributed by atoms with Crippen LogP contribution in [0.2, 0.25) is 0 Å². The lowest BCUT2D eigenvalue weighted by atomic mass is 10.1. The summed E-state index contributed by atoms with van der Waals surface area (Å²) in [5, 5.41) is 7.37. The van der Waals surface area contributed by atoms with Crippen LogP contribution in [-0.2, 0) is 6.18 Å². The molecular weight excluding hydrogens is 287 g/mol. The van der Waals surface area contributed by atoms with E-state index in [0.717, 1.165) is 24.0 Å². The Balaban J connectivity index is 0.000000612. The van der Waals surface area contributed by atoms with Crippen LogP contribution in [-0.4, -0.2) is 11.2 Å². The van der Waals surface area contributed by atoms with E-state index in [1.807, 2.05) is 6.26 Å². The number of nitrogens with two attached hydrogens (primary N) is 1. The average molecular weight is 303 g/mol. The van der Waals surface area contributed by atoms with Gasteiger partial charge in [-0.2, -0.15) is 30.2 Å². The molecule has 1 aliphatic carbocycles. The number of alkyl halides is 3. The Labute approximate surface area is 120 Å². The van der Waals surface area contributed by atoms with Crippen LogP contribution in [0.5, 0.6) is 0 Å². The van der Waals surface area contributed by atoms with Gasteiger partial charge in [0, 0.05) is 11.4 Å². The summed E-state index contributed by atoms with van der Waals surface area (Å²) < 4.78 is 37.1. The van der Waals surface area contributed by atoms with Crippen LogP contribution in [0.15, 0.2) is 18.3 Å². The Morgan fingerprint density at radius 3 is 2.45 bits per heavy atom. The number of pyridine rings is 1. The van der Waals surface area contributed by atoms with E-state index in [1.54, 1.807) is 17.8 Å². The van der Waals surface area contributed by atoms with Crippen molar-refractivity contribution in [3.8, 4) is 6.19 Å². The van der Waals surface area contributed by atoms with Gasteiger partial charge in [0.2, 0.25) is 0 Å². The van der Waals surface area contributed by atoms with Gasteiger partial charge in [-0.25, -0.2) is 0 Å². The molecular formula is C13H16F3N3S. The fraction of sp³-hybridized carbons (Fsp3) is 0.538. The summed E-state index contributed by atoms with van der Waals surface area (Å²) in [6.07, 6.45) is 3.82. The minimum atomic E-state index is -4.34. The zero-order chi connectivity index (χ0) is 15.2. The van der Waals surface area contributed by atoms with Crippen molar-refractivity contribution in [1.82, 2.24) is 4.98 Å². The number of hydrogen-bond donors (Lipinski definition) is 1. The molecule has 3 nitrogen and oxygen atoms in total. The van der Waals surface area contributed by atoms with Crippen molar-refractivity contribution in [3.05, 3.63) is 29.6 Å². The average Bonchev–Trinajstić information content (AvgIpc) is 3.20. The highest BCUT2D eigenvalue weighted by molar-refractivity contribution is 7.98. The molecule has 1 fully saturated rings. The number of thioether (sulfide) groups is 1. The van der Waals surface area contributed by atoms with Crippen LogP contribution in [0.3, 0.4) is 0 Å². The quantitative estimate of drug-likeness (QED) is 0.680. The molecule has 1 aromatic rings. The number of halogens is 3. The van der Waals surface area contributed by atoms with E-state index in [0.29, 0.717) is 0 Å². The fourth-order valence-electron chi connectivity index (χ4n) is 1.79. The van der Waals surface area contributed by atoms with E-state index < -0.39 is 11.9 Å². The molecule has 2 rings (SSSR count). The normalized spacial score (nSPS) is 15.8. The van der Waals surface area contributed by atoms with Gasteiger partial charge in [0.15, 0.2) is 6.19 Å². The van der Waals surface area contributed by atoms with Crippen molar-refractivity contribution in [1.29, 1.82) is 5.26 Å². The minimum Gasteiger partial charge on any atom is -0.337 e. The molecule has 7 heteroatoms. The summed E-state index contributed by atoms with van der Waals surface area (Å²) in [6.45, 7) is 0. The number of aromatic nitrogens is 1. The van der Waals surface area contributed by atoms with Crippen molar-refractivity contribution in [2.75, 3.05) is 6.26 Å². The van der Waals surface area contributed by atoms with Crippen LogP contribution in [0.25, 0.3) is 0 Å². The van der Waals surface area contributed by atoms with Gasteiger partial charge >= 0.3 is 6.18 Å². The Kier molecular flexibility index (Phi) is 6.14. The van der Waals surface area contributed by atoms with Gasteiger partial charge < -0.3 is 5.73 Å². The zero-order valence-corrected chi connectivity index (χ0v) is 11.8. The number of hydrogen-bond acceptors (Lipinski definition) is 4. The summed E-state index contributed by atoms with van der Waals surface area (Å²) >= 11 is 1.68. The summed E-state index contributed by atoms with van der Waals surface area (Å²) in [6, 6.07) is 2.63. The second-order valence-electron chi connectivity index (χ2n) is 4.51. The third-order valence-corrected chi connectivity index (χ3v) is 4.01. The Hall–Kier alpha value is -1.42. The molecule has 1 aromatic heterocycles. The molecule has 20 heavy (non-hydrogen) atoms. The summed E-state index contributed by atoms with van der Waals surface area (Å²) in [7, 11) is 0. The maximum atomic E-state index is 12.4. The predicted molar refractivity (Wildman–Crippen MR) is 72.6 cm³/mol.